The number of nitrogens with zero attached hydrogens (tertiary/aromatic N) is 5. The number of amides is 1. The molecule has 0 saturated carbocycles. The molecular weight excluding hydrogens is 338 g/mol. The molecular formula is C21H23N5O. The first-order valence-corrected chi connectivity index (χ1v) is 9.43. The molecule has 2 aliphatic rings. The molecule has 27 heavy (non-hydrogen) atoms. The van der Waals surface area contributed by atoms with Gasteiger partial charge in [0, 0.05) is 38.4 Å². The van der Waals surface area contributed by atoms with E-state index >= 15 is 0 Å². The number of fused-ring (bicyclic) bond motifs is 1. The average molecular weight is 361 g/mol. The van der Waals surface area contributed by atoms with Gasteiger partial charge in [0.25, 0.3) is 0 Å². The van der Waals surface area contributed by atoms with Crippen LogP contribution in [0.3, 0.4) is 0 Å². The predicted molar refractivity (Wildman–Crippen MR) is 105 cm³/mol. The Hall–Kier alpha value is -2.91. The lowest BCUT2D eigenvalue weighted by molar-refractivity contribution is -0.123. The molecule has 0 N–H and O–H groups in total. The molecule has 1 aromatic carbocycles. The number of anilines is 2. The molecule has 1 fully saturated rings. The summed E-state index contributed by atoms with van der Waals surface area (Å²) in [6, 6.07) is 15.6. The highest BCUT2D eigenvalue weighted by Gasteiger charge is 2.32. The third kappa shape index (κ3) is 3.38. The second-order valence-corrected chi connectivity index (χ2v) is 7.06. The number of hydrogen-bond acceptors (Lipinski definition) is 5. The standard InChI is InChI=1S/C21H23N5O/c1-16(21(27)26-10-9-17-5-2-3-7-19(17)26)24-11-13-25(14-12-24)20-8-4-6-18(15-22)23-20/h2-8,16H,9-14H2,1H3. The zero-order chi connectivity index (χ0) is 18.8. The molecule has 138 valence electrons. The van der Waals surface area contributed by atoms with E-state index in [1.165, 1.54) is 5.56 Å². The Balaban J connectivity index is 1.39. The van der Waals surface area contributed by atoms with Crippen LogP contribution in [0.15, 0.2) is 42.5 Å². The topological polar surface area (TPSA) is 63.5 Å². The number of carbonyl (C=O) groups excluding carboxylic acids is 1. The van der Waals surface area contributed by atoms with E-state index in [0.29, 0.717) is 5.69 Å². The predicted octanol–water partition coefficient (Wildman–Crippen LogP) is 2.05. The Morgan fingerprint density at radius 2 is 1.85 bits per heavy atom. The average Bonchev–Trinajstić information content (AvgIpc) is 3.17. The Kier molecular flexibility index (Phi) is 4.78. The normalized spacial score (nSPS) is 18.1. The maximum atomic E-state index is 13.1. The maximum absolute atomic E-state index is 13.1. The van der Waals surface area contributed by atoms with Crippen molar-refractivity contribution >= 4 is 17.4 Å². The largest absolute Gasteiger partial charge is 0.354 e. The van der Waals surface area contributed by atoms with E-state index in [4.69, 9.17) is 5.26 Å². The first kappa shape index (κ1) is 17.5. The third-order valence-electron chi connectivity index (χ3n) is 5.55. The Bertz CT molecular complexity index is 882. The molecule has 0 aliphatic carbocycles. The molecule has 4 rings (SSSR count). The van der Waals surface area contributed by atoms with Crippen molar-refractivity contribution in [2.75, 3.05) is 42.5 Å². The van der Waals surface area contributed by atoms with Gasteiger partial charge >= 0.3 is 0 Å². The van der Waals surface area contributed by atoms with Crippen molar-refractivity contribution in [3.63, 3.8) is 0 Å². The summed E-state index contributed by atoms with van der Waals surface area (Å²) >= 11 is 0. The van der Waals surface area contributed by atoms with Gasteiger partial charge in [-0.25, -0.2) is 4.98 Å². The number of rotatable bonds is 3. The van der Waals surface area contributed by atoms with Crippen molar-refractivity contribution in [3.05, 3.63) is 53.7 Å². The molecule has 2 aliphatic heterocycles. The van der Waals surface area contributed by atoms with Crippen LogP contribution in [-0.4, -0.2) is 54.6 Å². The molecule has 1 amide bonds. The highest BCUT2D eigenvalue weighted by molar-refractivity contribution is 5.98. The van der Waals surface area contributed by atoms with Crippen molar-refractivity contribution in [1.82, 2.24) is 9.88 Å². The van der Waals surface area contributed by atoms with E-state index in [1.54, 1.807) is 6.07 Å². The van der Waals surface area contributed by atoms with Crippen molar-refractivity contribution in [1.29, 1.82) is 5.26 Å². The molecule has 6 nitrogen and oxygen atoms in total. The third-order valence-corrected chi connectivity index (χ3v) is 5.55. The summed E-state index contributed by atoms with van der Waals surface area (Å²) in [7, 11) is 0. The van der Waals surface area contributed by atoms with Crippen LogP contribution >= 0.6 is 0 Å². The molecule has 0 bridgehead atoms. The lowest BCUT2D eigenvalue weighted by Gasteiger charge is -2.39. The number of para-hydroxylation sites is 1. The van der Waals surface area contributed by atoms with Gasteiger partial charge in [0.15, 0.2) is 0 Å². The number of pyridine rings is 1. The van der Waals surface area contributed by atoms with Gasteiger partial charge in [0.2, 0.25) is 5.91 Å². The minimum atomic E-state index is -0.142. The Labute approximate surface area is 159 Å². The summed E-state index contributed by atoms with van der Waals surface area (Å²) < 4.78 is 0. The zero-order valence-electron chi connectivity index (χ0n) is 15.5. The fourth-order valence-corrected chi connectivity index (χ4v) is 3.95. The molecule has 2 aromatic rings. The van der Waals surface area contributed by atoms with Gasteiger partial charge in [-0.15, -0.1) is 0 Å². The number of hydrogen-bond donors (Lipinski definition) is 0. The van der Waals surface area contributed by atoms with Gasteiger partial charge in [0.05, 0.1) is 6.04 Å². The number of benzene rings is 1. The van der Waals surface area contributed by atoms with Crippen LogP contribution in [0.2, 0.25) is 0 Å². The second kappa shape index (κ2) is 7.37. The molecule has 1 saturated heterocycles. The molecule has 6 heteroatoms. The van der Waals surface area contributed by atoms with E-state index in [2.05, 4.69) is 26.9 Å². The molecule has 0 radical (unpaired) electrons. The van der Waals surface area contributed by atoms with Crippen molar-refractivity contribution in [2.24, 2.45) is 0 Å². The summed E-state index contributed by atoms with van der Waals surface area (Å²) in [6.07, 6.45) is 0.934. The lowest BCUT2D eigenvalue weighted by atomic mass is 10.1. The minimum Gasteiger partial charge on any atom is -0.354 e. The van der Waals surface area contributed by atoms with Gasteiger partial charge < -0.3 is 9.80 Å². The number of aromatic nitrogens is 1. The van der Waals surface area contributed by atoms with Crippen molar-refractivity contribution in [2.45, 2.75) is 19.4 Å². The van der Waals surface area contributed by atoms with Gasteiger partial charge in [-0.05, 0) is 37.1 Å². The fraction of sp³-hybridized carbons (Fsp3) is 0.381. The molecule has 1 unspecified atom stereocenters. The summed E-state index contributed by atoms with van der Waals surface area (Å²) in [5.41, 5.74) is 2.75. The molecule has 3 heterocycles. The van der Waals surface area contributed by atoms with Gasteiger partial charge in [-0.1, -0.05) is 24.3 Å². The lowest BCUT2D eigenvalue weighted by Crippen LogP contribution is -2.54. The van der Waals surface area contributed by atoms with Crippen LogP contribution in [0.4, 0.5) is 11.5 Å². The van der Waals surface area contributed by atoms with E-state index in [0.717, 1.165) is 50.6 Å². The smallest absolute Gasteiger partial charge is 0.244 e. The number of piperazine rings is 1. The number of carbonyl (C=O) groups is 1. The van der Waals surface area contributed by atoms with Crippen LogP contribution in [-0.2, 0) is 11.2 Å². The molecule has 1 aromatic heterocycles. The first-order chi connectivity index (χ1) is 13.2. The first-order valence-electron chi connectivity index (χ1n) is 9.43. The van der Waals surface area contributed by atoms with E-state index in [1.807, 2.05) is 42.2 Å². The van der Waals surface area contributed by atoms with Crippen LogP contribution in [0, 0.1) is 11.3 Å². The zero-order valence-corrected chi connectivity index (χ0v) is 15.5. The van der Waals surface area contributed by atoms with Crippen molar-refractivity contribution < 1.29 is 4.79 Å². The summed E-state index contributed by atoms with van der Waals surface area (Å²) in [5, 5.41) is 9.03. The second-order valence-electron chi connectivity index (χ2n) is 7.06. The van der Waals surface area contributed by atoms with Crippen LogP contribution in [0.25, 0.3) is 0 Å². The van der Waals surface area contributed by atoms with Crippen LogP contribution < -0.4 is 9.80 Å². The minimum absolute atomic E-state index is 0.142. The van der Waals surface area contributed by atoms with Crippen molar-refractivity contribution in [3.8, 4) is 6.07 Å². The highest BCUT2D eigenvalue weighted by Crippen LogP contribution is 2.28. The van der Waals surface area contributed by atoms with Gasteiger partial charge in [-0.3, -0.25) is 9.69 Å². The monoisotopic (exact) mass is 361 g/mol. The maximum Gasteiger partial charge on any atom is 0.244 e. The quantitative estimate of drug-likeness (QED) is 0.837. The van der Waals surface area contributed by atoms with Crippen LogP contribution in [0.1, 0.15) is 18.2 Å². The van der Waals surface area contributed by atoms with Gasteiger partial charge in [-0.2, -0.15) is 5.26 Å². The highest BCUT2D eigenvalue weighted by atomic mass is 16.2. The van der Waals surface area contributed by atoms with Gasteiger partial charge in [0.1, 0.15) is 17.6 Å². The fourth-order valence-electron chi connectivity index (χ4n) is 3.95. The van der Waals surface area contributed by atoms with E-state index < -0.39 is 0 Å². The SMILES string of the molecule is CC(C(=O)N1CCc2ccccc21)N1CCN(c2cccc(C#N)n2)CC1. The summed E-state index contributed by atoms with van der Waals surface area (Å²) in [5.74, 6) is 1.01. The summed E-state index contributed by atoms with van der Waals surface area (Å²) in [4.78, 5) is 23.8. The van der Waals surface area contributed by atoms with Crippen LogP contribution in [0.5, 0.6) is 0 Å². The van der Waals surface area contributed by atoms with E-state index in [-0.39, 0.29) is 11.9 Å². The summed E-state index contributed by atoms with van der Waals surface area (Å²) in [6.45, 7) is 5.99. The van der Waals surface area contributed by atoms with E-state index in [9.17, 15) is 4.79 Å². The number of nitriles is 1. The molecule has 1 atom stereocenters. The Morgan fingerprint density at radius 1 is 1.07 bits per heavy atom. The molecule has 0 spiro atoms. The Morgan fingerprint density at radius 3 is 2.63 bits per heavy atom.